The highest BCUT2D eigenvalue weighted by molar-refractivity contribution is 7.13. The van der Waals surface area contributed by atoms with E-state index in [4.69, 9.17) is 4.74 Å². The number of aromatic nitrogens is 1. The van der Waals surface area contributed by atoms with Crippen molar-refractivity contribution in [1.29, 1.82) is 0 Å². The highest BCUT2D eigenvalue weighted by Gasteiger charge is 2.03. The molecule has 0 unspecified atom stereocenters. The van der Waals surface area contributed by atoms with Gasteiger partial charge >= 0.3 is 6.09 Å². The van der Waals surface area contributed by atoms with Crippen molar-refractivity contribution in [3.8, 4) is 0 Å². The minimum Gasteiger partial charge on any atom is -0.449 e. The van der Waals surface area contributed by atoms with Crippen molar-refractivity contribution in [2.45, 2.75) is 71.1 Å². The topological polar surface area (TPSA) is 51.2 Å². The van der Waals surface area contributed by atoms with Crippen LogP contribution in [-0.2, 0) is 4.74 Å². The molecule has 0 bridgehead atoms. The Bertz CT molecular complexity index is 619. The number of unbranched alkanes of at least 4 members (excludes halogenated alkanes) is 5. The molecule has 0 radical (unpaired) electrons. The average molecular weight is 417 g/mol. The third-order valence-corrected chi connectivity index (χ3v) is 4.79. The molecule has 0 atom stereocenters. The fourth-order valence-corrected chi connectivity index (χ4v) is 3.01. The van der Waals surface area contributed by atoms with E-state index in [1.165, 1.54) is 37.0 Å². The maximum atomic E-state index is 11.5. The Hall–Kier alpha value is -2.14. The number of carbonyl (C=O) groups excluding carboxylic acids is 1. The van der Waals surface area contributed by atoms with Crippen LogP contribution in [0.5, 0.6) is 0 Å². The van der Waals surface area contributed by atoms with Crippen LogP contribution in [0.4, 0.5) is 9.93 Å². The molecule has 4 nitrogen and oxygen atoms in total. The van der Waals surface area contributed by atoms with Crippen molar-refractivity contribution in [3.63, 3.8) is 0 Å². The number of ether oxygens (including phenoxy) is 1. The van der Waals surface area contributed by atoms with Crippen LogP contribution in [0.25, 0.3) is 0 Å². The second-order valence-corrected chi connectivity index (χ2v) is 7.58. The maximum absolute atomic E-state index is 11.5. The predicted molar refractivity (Wildman–Crippen MR) is 125 cm³/mol. The number of amides is 1. The lowest BCUT2D eigenvalue weighted by Crippen LogP contribution is -2.14. The SMILES string of the molecule is CCCCC/C=C\C/C=C\C/C=C\C/C=C\CCCCOC(=O)Nc1nccs1. The molecule has 1 N–H and O–H groups in total. The molecule has 0 spiro atoms. The van der Waals surface area contributed by atoms with Gasteiger partial charge < -0.3 is 4.74 Å². The van der Waals surface area contributed by atoms with Crippen LogP contribution in [0, 0.1) is 0 Å². The van der Waals surface area contributed by atoms with E-state index in [0.29, 0.717) is 11.7 Å². The number of nitrogens with zero attached hydrogens (tertiary/aromatic N) is 1. The van der Waals surface area contributed by atoms with E-state index in [9.17, 15) is 4.79 Å². The normalized spacial score (nSPS) is 12.0. The molecule has 0 fully saturated rings. The van der Waals surface area contributed by atoms with Gasteiger partial charge in [-0.3, -0.25) is 5.32 Å². The summed E-state index contributed by atoms with van der Waals surface area (Å²) in [5.74, 6) is 0. The van der Waals surface area contributed by atoms with Gasteiger partial charge in [-0.25, -0.2) is 9.78 Å². The zero-order valence-corrected chi connectivity index (χ0v) is 18.5. The average Bonchev–Trinajstić information content (AvgIpc) is 3.22. The van der Waals surface area contributed by atoms with Gasteiger partial charge in [-0.15, -0.1) is 11.3 Å². The molecule has 1 aromatic rings. The van der Waals surface area contributed by atoms with Gasteiger partial charge in [0.15, 0.2) is 5.13 Å². The minimum absolute atomic E-state index is 0.433. The first-order valence-corrected chi connectivity index (χ1v) is 11.6. The van der Waals surface area contributed by atoms with E-state index in [0.717, 1.165) is 38.5 Å². The van der Waals surface area contributed by atoms with Gasteiger partial charge in [0.05, 0.1) is 6.61 Å². The molecule has 5 heteroatoms. The standard InChI is InChI=1S/C24H36N2O2S/c1-2-3-4-5-6-7-8-9-10-11-12-13-14-15-16-17-18-19-21-28-24(27)26-23-25-20-22-29-23/h6-7,9-10,12-13,15-16,20,22H,2-5,8,11,14,17-19,21H2,1H3,(H,25,26,27)/b7-6-,10-9-,13-12-,16-15-. The Balaban J connectivity index is 1.88. The van der Waals surface area contributed by atoms with Crippen molar-refractivity contribution in [2.24, 2.45) is 0 Å². The molecule has 0 aromatic carbocycles. The number of carbonyl (C=O) groups is 1. The summed E-state index contributed by atoms with van der Waals surface area (Å²) in [4.78, 5) is 15.5. The summed E-state index contributed by atoms with van der Waals surface area (Å²) in [6.45, 7) is 2.67. The van der Waals surface area contributed by atoms with Crippen LogP contribution < -0.4 is 5.32 Å². The van der Waals surface area contributed by atoms with Gasteiger partial charge in [0.1, 0.15) is 0 Å². The molecule has 1 rings (SSSR count). The molecule has 0 aliphatic rings. The van der Waals surface area contributed by atoms with E-state index in [-0.39, 0.29) is 0 Å². The summed E-state index contributed by atoms with van der Waals surface area (Å²) in [6, 6.07) is 0. The Morgan fingerprint density at radius 3 is 2.07 bits per heavy atom. The number of thiazole rings is 1. The predicted octanol–water partition coefficient (Wildman–Crippen LogP) is 7.84. The van der Waals surface area contributed by atoms with E-state index in [1.54, 1.807) is 6.20 Å². The van der Waals surface area contributed by atoms with Crippen LogP contribution >= 0.6 is 11.3 Å². The number of allylic oxidation sites excluding steroid dienone is 8. The van der Waals surface area contributed by atoms with Crippen LogP contribution in [0.1, 0.15) is 71.1 Å². The van der Waals surface area contributed by atoms with E-state index in [2.05, 4.69) is 65.8 Å². The van der Waals surface area contributed by atoms with Crippen molar-refractivity contribution >= 4 is 22.6 Å². The summed E-state index contributed by atoms with van der Waals surface area (Å²) < 4.78 is 5.11. The van der Waals surface area contributed by atoms with Crippen LogP contribution in [-0.4, -0.2) is 17.7 Å². The zero-order valence-electron chi connectivity index (χ0n) is 17.7. The van der Waals surface area contributed by atoms with Crippen molar-refractivity contribution in [1.82, 2.24) is 4.98 Å². The summed E-state index contributed by atoms with van der Waals surface area (Å²) in [5, 5.41) is 4.97. The molecule has 0 saturated heterocycles. The lowest BCUT2D eigenvalue weighted by molar-refractivity contribution is 0.159. The Kier molecular flexibility index (Phi) is 16.5. The monoisotopic (exact) mass is 416 g/mol. The lowest BCUT2D eigenvalue weighted by atomic mass is 10.2. The molecule has 0 aliphatic carbocycles. The fourth-order valence-electron chi connectivity index (χ4n) is 2.50. The molecule has 1 aromatic heterocycles. The van der Waals surface area contributed by atoms with Crippen molar-refractivity contribution in [2.75, 3.05) is 11.9 Å². The Labute approximate surface area is 180 Å². The lowest BCUT2D eigenvalue weighted by Gasteiger charge is -2.03. The summed E-state index contributed by atoms with van der Waals surface area (Å²) in [7, 11) is 0. The number of rotatable bonds is 16. The minimum atomic E-state index is -0.433. The van der Waals surface area contributed by atoms with E-state index < -0.39 is 6.09 Å². The molecule has 1 heterocycles. The zero-order chi connectivity index (χ0) is 20.8. The largest absolute Gasteiger partial charge is 0.449 e. The molecule has 0 aliphatic heterocycles. The molecular weight excluding hydrogens is 380 g/mol. The van der Waals surface area contributed by atoms with Gasteiger partial charge in [-0.1, -0.05) is 68.4 Å². The third kappa shape index (κ3) is 16.5. The second-order valence-electron chi connectivity index (χ2n) is 6.68. The van der Waals surface area contributed by atoms with Gasteiger partial charge in [0.25, 0.3) is 0 Å². The van der Waals surface area contributed by atoms with Crippen LogP contribution in [0.15, 0.2) is 60.2 Å². The molecule has 1 amide bonds. The fraction of sp³-hybridized carbons (Fsp3) is 0.500. The van der Waals surface area contributed by atoms with E-state index >= 15 is 0 Å². The van der Waals surface area contributed by atoms with Crippen molar-refractivity contribution in [3.05, 3.63) is 60.2 Å². The van der Waals surface area contributed by atoms with Gasteiger partial charge in [-0.2, -0.15) is 0 Å². The highest BCUT2D eigenvalue weighted by atomic mass is 32.1. The number of anilines is 1. The number of hydrogen-bond acceptors (Lipinski definition) is 4. The van der Waals surface area contributed by atoms with Gasteiger partial charge in [0, 0.05) is 11.6 Å². The molecular formula is C24H36N2O2S. The molecule has 29 heavy (non-hydrogen) atoms. The number of hydrogen-bond donors (Lipinski definition) is 1. The maximum Gasteiger partial charge on any atom is 0.413 e. The number of nitrogens with one attached hydrogen (secondary N) is 1. The first-order chi connectivity index (χ1) is 14.3. The first kappa shape index (κ1) is 24.9. The van der Waals surface area contributed by atoms with Crippen LogP contribution in [0.2, 0.25) is 0 Å². The van der Waals surface area contributed by atoms with Gasteiger partial charge in [0.2, 0.25) is 0 Å². The summed E-state index contributed by atoms with van der Waals surface area (Å²) in [5.41, 5.74) is 0. The van der Waals surface area contributed by atoms with E-state index in [1.807, 2.05) is 5.38 Å². The summed E-state index contributed by atoms with van der Waals surface area (Å²) >= 11 is 1.37. The Morgan fingerprint density at radius 2 is 1.52 bits per heavy atom. The Morgan fingerprint density at radius 1 is 0.931 bits per heavy atom. The molecule has 0 saturated carbocycles. The first-order valence-electron chi connectivity index (χ1n) is 10.8. The highest BCUT2D eigenvalue weighted by Crippen LogP contribution is 2.10. The smallest absolute Gasteiger partial charge is 0.413 e. The second kappa shape index (κ2) is 19.2. The summed E-state index contributed by atoms with van der Waals surface area (Å²) in [6.07, 6.45) is 30.1. The third-order valence-electron chi connectivity index (χ3n) is 4.10. The molecule has 160 valence electrons. The quantitative estimate of drug-likeness (QED) is 0.220. The van der Waals surface area contributed by atoms with Crippen LogP contribution in [0.3, 0.4) is 0 Å². The van der Waals surface area contributed by atoms with Gasteiger partial charge in [-0.05, 0) is 51.4 Å². The van der Waals surface area contributed by atoms with Crippen molar-refractivity contribution < 1.29 is 9.53 Å².